The number of hydrogen-bond acceptors (Lipinski definition) is 7. The molecular formula is C32H33F3N8O2. The molecule has 0 unspecified atom stereocenters. The second kappa shape index (κ2) is 13.0. The Balaban J connectivity index is 1.08. The Morgan fingerprint density at radius 1 is 0.911 bits per heavy atom. The fraction of sp³-hybridized carbons (Fsp3) is 0.344. The normalized spacial score (nSPS) is 16.0. The second-order valence-electron chi connectivity index (χ2n) is 11.1. The van der Waals surface area contributed by atoms with Gasteiger partial charge in [0.2, 0.25) is 11.9 Å². The first kappa shape index (κ1) is 30.1. The molecule has 3 aromatic heterocycles. The van der Waals surface area contributed by atoms with Gasteiger partial charge in [0.25, 0.3) is 5.91 Å². The van der Waals surface area contributed by atoms with Gasteiger partial charge in [0.05, 0.1) is 6.42 Å². The number of anilines is 3. The van der Waals surface area contributed by atoms with Gasteiger partial charge in [0.15, 0.2) is 5.65 Å². The highest BCUT2D eigenvalue weighted by molar-refractivity contribution is 5.94. The lowest BCUT2D eigenvalue weighted by Crippen LogP contribution is -2.35. The number of fused-ring (bicyclic) bond motifs is 1. The fourth-order valence-corrected chi connectivity index (χ4v) is 5.70. The highest BCUT2D eigenvalue weighted by Gasteiger charge is 2.30. The summed E-state index contributed by atoms with van der Waals surface area (Å²) in [6, 6.07) is 15.0. The van der Waals surface area contributed by atoms with Crippen molar-refractivity contribution in [1.29, 1.82) is 0 Å². The lowest BCUT2D eigenvalue weighted by molar-refractivity contribution is -0.148. The molecule has 5 heterocycles. The monoisotopic (exact) mass is 618 g/mol. The topological polar surface area (TPSA) is 99.0 Å². The molecule has 0 saturated carbocycles. The van der Waals surface area contributed by atoms with Crippen molar-refractivity contribution in [1.82, 2.24) is 29.4 Å². The summed E-state index contributed by atoms with van der Waals surface area (Å²) in [4.78, 5) is 39.9. The van der Waals surface area contributed by atoms with Gasteiger partial charge in [-0.05, 0) is 66.9 Å². The smallest absolute Gasteiger partial charge is 0.370 e. The molecule has 2 amide bonds. The molecule has 1 saturated heterocycles. The number of carbonyl (C=O) groups is 2. The summed E-state index contributed by atoms with van der Waals surface area (Å²) >= 11 is 0. The van der Waals surface area contributed by atoms with Crippen molar-refractivity contribution in [2.24, 2.45) is 0 Å². The van der Waals surface area contributed by atoms with Crippen LogP contribution in [0.15, 0.2) is 73.2 Å². The molecule has 0 bridgehead atoms. The summed E-state index contributed by atoms with van der Waals surface area (Å²) in [5, 5.41) is 7.75. The van der Waals surface area contributed by atoms with E-state index in [-0.39, 0.29) is 12.5 Å². The van der Waals surface area contributed by atoms with E-state index in [0.717, 1.165) is 42.0 Å². The molecule has 1 fully saturated rings. The number of aromatic nitrogens is 4. The van der Waals surface area contributed by atoms with Crippen LogP contribution in [0, 0.1) is 0 Å². The third kappa shape index (κ3) is 7.24. The number of benzene rings is 1. The zero-order valence-electron chi connectivity index (χ0n) is 24.6. The van der Waals surface area contributed by atoms with Crippen molar-refractivity contribution in [2.45, 2.75) is 31.9 Å². The van der Waals surface area contributed by atoms with Crippen LogP contribution in [0.3, 0.4) is 0 Å². The van der Waals surface area contributed by atoms with Crippen LogP contribution in [-0.2, 0) is 4.79 Å². The minimum Gasteiger partial charge on any atom is -0.370 e. The average molecular weight is 619 g/mol. The van der Waals surface area contributed by atoms with Gasteiger partial charge in [-0.15, -0.1) is 5.10 Å². The zero-order valence-corrected chi connectivity index (χ0v) is 24.6. The second-order valence-corrected chi connectivity index (χ2v) is 11.1. The molecule has 0 atom stereocenters. The van der Waals surface area contributed by atoms with Gasteiger partial charge in [-0.25, -0.2) is 4.52 Å². The fourth-order valence-electron chi connectivity index (χ4n) is 5.70. The Labute approximate surface area is 258 Å². The molecule has 1 N–H and O–H groups in total. The van der Waals surface area contributed by atoms with Crippen LogP contribution in [0.5, 0.6) is 0 Å². The van der Waals surface area contributed by atoms with Crippen molar-refractivity contribution in [3.63, 3.8) is 0 Å². The molecule has 1 aromatic carbocycles. The summed E-state index contributed by atoms with van der Waals surface area (Å²) in [6.07, 6.45) is 2.58. The Hall–Kier alpha value is -4.94. The molecule has 0 spiro atoms. The van der Waals surface area contributed by atoms with Gasteiger partial charge >= 0.3 is 6.18 Å². The van der Waals surface area contributed by atoms with Crippen LogP contribution >= 0.6 is 0 Å². The number of amides is 2. The first-order valence-electron chi connectivity index (χ1n) is 14.9. The number of carbonyl (C=O) groups excluding carboxylic acids is 2. The molecule has 2 aliphatic heterocycles. The lowest BCUT2D eigenvalue weighted by atomic mass is 10.00. The van der Waals surface area contributed by atoms with Crippen molar-refractivity contribution >= 4 is 40.4 Å². The summed E-state index contributed by atoms with van der Waals surface area (Å²) in [6.45, 7) is 3.55. The Kier molecular flexibility index (Phi) is 8.67. The minimum atomic E-state index is -4.35. The summed E-state index contributed by atoms with van der Waals surface area (Å²) in [7, 11) is 0. The lowest BCUT2D eigenvalue weighted by Gasteiger charge is -2.27. The Bertz CT molecular complexity index is 1690. The molecule has 45 heavy (non-hydrogen) atoms. The maximum absolute atomic E-state index is 13.3. The predicted octanol–water partition coefficient (Wildman–Crippen LogP) is 5.18. The van der Waals surface area contributed by atoms with Gasteiger partial charge in [0.1, 0.15) is 0 Å². The summed E-state index contributed by atoms with van der Waals surface area (Å²) in [5.41, 5.74) is 4.88. The van der Waals surface area contributed by atoms with E-state index < -0.39 is 24.9 Å². The van der Waals surface area contributed by atoms with Crippen molar-refractivity contribution < 1.29 is 22.8 Å². The SMILES string of the molecule is O=C(CCC(F)(F)F)N1CC=C(c2cccn3nc(Nc4ccc(C(=O)N5CCCN(c6ccncc6)CC5)cc4)nc23)CC1. The first-order chi connectivity index (χ1) is 21.7. The van der Waals surface area contributed by atoms with Crippen LogP contribution in [0.1, 0.15) is 41.6 Å². The van der Waals surface area contributed by atoms with Crippen LogP contribution in [0.2, 0.25) is 0 Å². The molecule has 4 aromatic rings. The van der Waals surface area contributed by atoms with Crippen LogP contribution in [-0.4, -0.2) is 86.6 Å². The van der Waals surface area contributed by atoms with E-state index in [1.807, 2.05) is 47.4 Å². The van der Waals surface area contributed by atoms with E-state index in [1.54, 1.807) is 35.2 Å². The number of halogens is 3. The molecule has 234 valence electrons. The number of hydrogen-bond donors (Lipinski definition) is 1. The summed E-state index contributed by atoms with van der Waals surface area (Å²) in [5.74, 6) is -0.123. The third-order valence-corrected chi connectivity index (χ3v) is 8.09. The maximum atomic E-state index is 13.3. The molecule has 6 rings (SSSR count). The number of nitrogens with zero attached hydrogens (tertiary/aromatic N) is 7. The van der Waals surface area contributed by atoms with E-state index in [0.29, 0.717) is 43.2 Å². The average Bonchev–Trinajstić information content (AvgIpc) is 3.30. The van der Waals surface area contributed by atoms with Crippen LogP contribution < -0.4 is 10.2 Å². The molecule has 2 aliphatic rings. The molecular weight excluding hydrogens is 585 g/mol. The molecule has 0 radical (unpaired) electrons. The van der Waals surface area contributed by atoms with Crippen molar-refractivity contribution in [3.05, 3.63) is 84.3 Å². The largest absolute Gasteiger partial charge is 0.389 e. The van der Waals surface area contributed by atoms with Crippen LogP contribution in [0.25, 0.3) is 11.2 Å². The van der Waals surface area contributed by atoms with Gasteiger partial charge in [-0.3, -0.25) is 14.6 Å². The highest BCUT2D eigenvalue weighted by atomic mass is 19.4. The Morgan fingerprint density at radius 2 is 1.71 bits per heavy atom. The molecule has 0 aliphatic carbocycles. The van der Waals surface area contributed by atoms with Crippen molar-refractivity contribution in [2.75, 3.05) is 49.5 Å². The minimum absolute atomic E-state index is 0.00463. The summed E-state index contributed by atoms with van der Waals surface area (Å²) < 4.78 is 39.2. The predicted molar refractivity (Wildman–Crippen MR) is 164 cm³/mol. The number of nitrogens with one attached hydrogen (secondary N) is 1. The zero-order chi connectivity index (χ0) is 31.4. The van der Waals surface area contributed by atoms with Crippen molar-refractivity contribution in [3.8, 4) is 0 Å². The quantitative estimate of drug-likeness (QED) is 0.305. The van der Waals surface area contributed by atoms with Gasteiger partial charge in [-0.1, -0.05) is 6.08 Å². The third-order valence-electron chi connectivity index (χ3n) is 8.09. The van der Waals surface area contributed by atoms with E-state index in [2.05, 4.69) is 25.3 Å². The maximum Gasteiger partial charge on any atom is 0.389 e. The van der Waals surface area contributed by atoms with Gasteiger partial charge in [-0.2, -0.15) is 18.2 Å². The van der Waals surface area contributed by atoms with Gasteiger partial charge < -0.3 is 20.0 Å². The van der Waals surface area contributed by atoms with E-state index in [9.17, 15) is 22.8 Å². The van der Waals surface area contributed by atoms with E-state index in [4.69, 9.17) is 0 Å². The highest BCUT2D eigenvalue weighted by Crippen LogP contribution is 2.28. The molecule has 10 nitrogen and oxygen atoms in total. The first-order valence-corrected chi connectivity index (χ1v) is 14.9. The van der Waals surface area contributed by atoms with E-state index >= 15 is 0 Å². The molecule has 13 heteroatoms. The Morgan fingerprint density at radius 3 is 2.44 bits per heavy atom. The van der Waals surface area contributed by atoms with E-state index in [1.165, 1.54) is 4.90 Å². The number of pyridine rings is 2. The van der Waals surface area contributed by atoms with Crippen LogP contribution in [0.4, 0.5) is 30.5 Å². The number of rotatable bonds is 7. The standard InChI is InChI=1S/C32H33F3N8O2/c33-32(34,35)13-8-28(44)41-19-11-23(12-20-41)27-3-1-18-43-29(27)38-31(39-43)37-25-6-4-24(5-7-25)30(45)42-17-2-16-40(21-22-42)26-9-14-36-15-10-26/h1,3-7,9-11,14-15,18H,2,8,12-13,16-17,19-22H2,(H,37,39). The van der Waals surface area contributed by atoms with Gasteiger partial charge in [0, 0.05) is 86.8 Å². The number of alkyl halides is 3.